The van der Waals surface area contributed by atoms with Crippen LogP contribution in [0.1, 0.15) is 13.3 Å². The molecule has 0 unspecified atom stereocenters. The minimum absolute atomic E-state index is 0. The molecule has 0 aromatic heterocycles. The van der Waals surface area contributed by atoms with Crippen LogP contribution in [0.25, 0.3) is 0 Å². The second-order valence-corrected chi connectivity index (χ2v) is 2.64. The van der Waals surface area contributed by atoms with Gasteiger partial charge in [-0.2, -0.15) is 0 Å². The quantitative estimate of drug-likeness (QED) is 0.635. The average Bonchev–Trinajstić information content (AvgIpc) is 2.20. The fraction of sp³-hybridized carbons (Fsp3) is 0.429. The van der Waals surface area contributed by atoms with Crippen molar-refractivity contribution in [2.75, 3.05) is 6.61 Å². The summed E-state index contributed by atoms with van der Waals surface area (Å²) in [5.41, 5.74) is 0. The molecule has 1 aliphatic rings. The molecule has 1 aliphatic carbocycles. The molecule has 1 rings (SSSR count). The summed E-state index contributed by atoms with van der Waals surface area (Å²) in [7, 11) is 0. The SMILES string of the molecule is CCO.Cl.Cl.[Ti][C]1=CC=CC1. The molecule has 1 N–H and O–H groups in total. The van der Waals surface area contributed by atoms with Crippen molar-refractivity contribution in [3.63, 3.8) is 0 Å². The molecule has 0 aliphatic heterocycles. The van der Waals surface area contributed by atoms with Crippen molar-refractivity contribution in [2.45, 2.75) is 13.3 Å². The summed E-state index contributed by atoms with van der Waals surface area (Å²) in [6.45, 7) is 1.93. The van der Waals surface area contributed by atoms with E-state index in [9.17, 15) is 0 Å². The molecule has 0 spiro atoms. The molecule has 0 heterocycles. The number of halogens is 2. The molecule has 0 saturated heterocycles. The summed E-state index contributed by atoms with van der Waals surface area (Å²) in [6.07, 6.45) is 7.56. The normalized spacial score (nSPS) is 11.5. The van der Waals surface area contributed by atoms with Gasteiger partial charge in [-0.05, 0) is 6.92 Å². The Morgan fingerprint density at radius 3 is 2.09 bits per heavy atom. The predicted octanol–water partition coefficient (Wildman–Crippen LogP) is 2.22. The van der Waals surface area contributed by atoms with Gasteiger partial charge in [-0.3, -0.25) is 0 Å². The molecule has 65 valence electrons. The van der Waals surface area contributed by atoms with E-state index in [-0.39, 0.29) is 31.4 Å². The Hall–Kier alpha value is 0.734. The van der Waals surface area contributed by atoms with Gasteiger partial charge in [0.15, 0.2) is 0 Å². The van der Waals surface area contributed by atoms with E-state index in [0.717, 1.165) is 0 Å². The Morgan fingerprint density at radius 1 is 1.55 bits per heavy atom. The van der Waals surface area contributed by atoms with Crippen LogP contribution in [-0.2, 0) is 20.4 Å². The van der Waals surface area contributed by atoms with Crippen molar-refractivity contribution in [2.24, 2.45) is 0 Å². The van der Waals surface area contributed by atoms with Gasteiger partial charge in [0, 0.05) is 6.61 Å². The Labute approximate surface area is 92.2 Å². The van der Waals surface area contributed by atoms with Crippen LogP contribution < -0.4 is 0 Å². The molecule has 0 amide bonds. The van der Waals surface area contributed by atoms with Crippen LogP contribution in [0.5, 0.6) is 0 Å². The van der Waals surface area contributed by atoms with Gasteiger partial charge in [-0.25, -0.2) is 0 Å². The first-order valence-corrected chi connectivity index (χ1v) is 3.77. The molecule has 0 atom stereocenters. The standard InChI is InChI=1S/C5H5.C2H6O.2ClH.Ti/c1-2-4-5-3-1;1-2-3;;;/h1-3H,4H2;3H,2H2,1H3;2*1H;. The topological polar surface area (TPSA) is 20.2 Å². The van der Waals surface area contributed by atoms with Gasteiger partial charge in [0.2, 0.25) is 0 Å². The average molecular weight is 232 g/mol. The maximum absolute atomic E-state index is 7.57. The zero-order chi connectivity index (χ0) is 7.11. The fourth-order valence-corrected chi connectivity index (χ4v) is 0.782. The Kier molecular flexibility index (Phi) is 21.5. The van der Waals surface area contributed by atoms with Crippen LogP contribution in [0.4, 0.5) is 0 Å². The first kappa shape index (κ1) is 17.7. The van der Waals surface area contributed by atoms with Crippen LogP contribution in [0, 0.1) is 0 Å². The second-order valence-electron chi connectivity index (χ2n) is 1.64. The summed E-state index contributed by atoms with van der Waals surface area (Å²) in [6, 6.07) is 0. The molecule has 4 heteroatoms. The number of allylic oxidation sites excluding steroid dienone is 4. The molecule has 0 bridgehead atoms. The van der Waals surface area contributed by atoms with E-state index in [1.807, 2.05) is 0 Å². The van der Waals surface area contributed by atoms with E-state index >= 15 is 0 Å². The Bertz CT molecular complexity index is 124. The van der Waals surface area contributed by atoms with Crippen LogP contribution in [0.2, 0.25) is 0 Å². The van der Waals surface area contributed by atoms with E-state index in [0.29, 0.717) is 0 Å². The molecule has 11 heavy (non-hydrogen) atoms. The van der Waals surface area contributed by atoms with E-state index in [1.165, 1.54) is 10.3 Å². The third-order valence-corrected chi connectivity index (χ3v) is 1.35. The van der Waals surface area contributed by atoms with Crippen molar-refractivity contribution < 1.29 is 25.5 Å². The summed E-state index contributed by atoms with van der Waals surface area (Å²) in [4.78, 5) is 0. The summed E-state index contributed by atoms with van der Waals surface area (Å²) in [5, 5.41) is 7.57. The first-order valence-electron chi connectivity index (χ1n) is 2.99. The van der Waals surface area contributed by atoms with Gasteiger partial charge in [0.05, 0.1) is 0 Å². The van der Waals surface area contributed by atoms with Gasteiger partial charge in [-0.15, -0.1) is 24.8 Å². The molecular formula is C7H13Cl2OTi. The molecular weight excluding hydrogens is 219 g/mol. The second kappa shape index (κ2) is 13.3. The molecule has 0 radical (unpaired) electrons. The fourth-order valence-electron chi connectivity index (χ4n) is 0.447. The number of aliphatic hydroxyl groups excluding tert-OH is 1. The number of hydrogen-bond donors (Lipinski definition) is 1. The number of hydrogen-bond acceptors (Lipinski definition) is 1. The van der Waals surface area contributed by atoms with Gasteiger partial charge in [-0.1, -0.05) is 0 Å². The van der Waals surface area contributed by atoms with Crippen LogP contribution in [0.3, 0.4) is 0 Å². The van der Waals surface area contributed by atoms with Crippen molar-refractivity contribution in [3.05, 3.63) is 22.1 Å². The molecule has 1 nitrogen and oxygen atoms in total. The van der Waals surface area contributed by atoms with Gasteiger partial charge in [0.25, 0.3) is 0 Å². The van der Waals surface area contributed by atoms with Crippen molar-refractivity contribution in [1.29, 1.82) is 0 Å². The van der Waals surface area contributed by atoms with Crippen LogP contribution in [-0.4, -0.2) is 11.7 Å². The van der Waals surface area contributed by atoms with Gasteiger partial charge >= 0.3 is 49.0 Å². The van der Waals surface area contributed by atoms with Crippen molar-refractivity contribution >= 4 is 24.8 Å². The molecule has 0 fully saturated rings. The summed E-state index contributed by atoms with van der Waals surface area (Å²) >= 11 is 2.14. The van der Waals surface area contributed by atoms with E-state index in [2.05, 4.69) is 38.7 Å². The summed E-state index contributed by atoms with van der Waals surface area (Å²) < 4.78 is 1.47. The number of rotatable bonds is 0. The zero-order valence-electron chi connectivity index (χ0n) is 6.41. The molecule has 0 saturated carbocycles. The first-order chi connectivity index (χ1) is 4.31. The Balaban J connectivity index is -0.000000116. The zero-order valence-corrected chi connectivity index (χ0v) is 9.60. The third kappa shape index (κ3) is 13.7. The number of aliphatic hydroxyl groups is 1. The van der Waals surface area contributed by atoms with Crippen LogP contribution >= 0.6 is 24.8 Å². The molecule has 0 aromatic rings. The van der Waals surface area contributed by atoms with Gasteiger partial charge in [0.1, 0.15) is 0 Å². The maximum atomic E-state index is 7.57. The van der Waals surface area contributed by atoms with E-state index < -0.39 is 0 Å². The predicted molar refractivity (Wildman–Crippen MR) is 49.1 cm³/mol. The van der Waals surface area contributed by atoms with Gasteiger partial charge < -0.3 is 5.11 Å². The van der Waals surface area contributed by atoms with Crippen LogP contribution in [0.15, 0.2) is 22.1 Å². The van der Waals surface area contributed by atoms with E-state index in [1.54, 1.807) is 6.92 Å². The Morgan fingerprint density at radius 2 is 2.00 bits per heavy atom. The molecule has 0 aromatic carbocycles. The monoisotopic (exact) mass is 231 g/mol. The van der Waals surface area contributed by atoms with Crippen molar-refractivity contribution in [1.82, 2.24) is 0 Å². The summed E-state index contributed by atoms with van der Waals surface area (Å²) in [5.74, 6) is 0. The minimum atomic E-state index is 0. The van der Waals surface area contributed by atoms with E-state index in [4.69, 9.17) is 5.11 Å². The third-order valence-electron chi connectivity index (χ3n) is 0.771. The van der Waals surface area contributed by atoms with Crippen molar-refractivity contribution in [3.8, 4) is 0 Å².